The van der Waals surface area contributed by atoms with Gasteiger partial charge in [0.15, 0.2) is 0 Å². The number of ketones is 1. The molecule has 0 aliphatic heterocycles. The predicted octanol–water partition coefficient (Wildman–Crippen LogP) is -0.822. The van der Waals surface area contributed by atoms with E-state index in [0.717, 1.165) is 0 Å². The zero-order valence-corrected chi connectivity index (χ0v) is 5.27. The van der Waals surface area contributed by atoms with Gasteiger partial charge in [-0.15, -0.1) is 11.6 Å². The Bertz CT molecular complexity index is 159. The highest BCUT2D eigenvalue weighted by atomic mass is 35.5. The minimum absolute atomic E-state index is 1.85. The van der Waals surface area contributed by atoms with Crippen molar-refractivity contribution in [1.82, 2.24) is 0 Å². The second-order valence-corrected chi connectivity index (χ2v) is 1.82. The molecule has 0 spiro atoms. The van der Waals surface area contributed by atoms with Crippen LogP contribution in [0.3, 0.4) is 0 Å². The van der Waals surface area contributed by atoms with Crippen LogP contribution in [0.15, 0.2) is 0 Å². The smallest absolute Gasteiger partial charge is 0.297 e. The summed E-state index contributed by atoms with van der Waals surface area (Å²) >= 11 is 4.67. The van der Waals surface area contributed by atoms with E-state index in [-0.39, 0.29) is 0 Å². The number of carboxylic acids is 1. The Labute approximate surface area is 59.6 Å². The predicted molar refractivity (Wildman–Crippen MR) is 25.7 cm³/mol. The molecule has 10 heavy (non-hydrogen) atoms. The van der Waals surface area contributed by atoms with Gasteiger partial charge in [0.1, 0.15) is 5.38 Å². The number of halogens is 3. The topological polar surface area (TPSA) is 57.2 Å². The third kappa shape index (κ3) is 2.26. The summed E-state index contributed by atoms with van der Waals surface area (Å²) in [7, 11) is 0. The van der Waals surface area contributed by atoms with Crippen molar-refractivity contribution in [2.24, 2.45) is 0 Å². The summed E-state index contributed by atoms with van der Waals surface area (Å²) in [4.78, 5) is 19.6. The number of carboxylic acid groups (broad SMARTS) is 1. The molecule has 0 aliphatic carbocycles. The summed E-state index contributed by atoms with van der Waals surface area (Å²) in [5, 5.41) is 7.40. The van der Waals surface area contributed by atoms with Crippen LogP contribution in [0.5, 0.6) is 0 Å². The fourth-order valence-corrected chi connectivity index (χ4v) is 0.322. The lowest BCUT2D eigenvalue weighted by Crippen LogP contribution is -2.39. The van der Waals surface area contributed by atoms with Crippen molar-refractivity contribution >= 4 is 23.4 Å². The fourth-order valence-electron chi connectivity index (χ4n) is 0.227. The molecule has 0 rings (SSSR count). The Morgan fingerprint density at radius 3 is 1.90 bits per heavy atom. The van der Waals surface area contributed by atoms with E-state index >= 15 is 0 Å². The standard InChI is InChI=1S/C4H3ClF2O3/c5-1(4(9)10)2(8)3(6)7/h1,3H,(H,9,10)/p-1. The maximum Gasteiger partial charge on any atom is 0.297 e. The summed E-state index contributed by atoms with van der Waals surface area (Å²) in [5.74, 6) is -3.85. The van der Waals surface area contributed by atoms with Gasteiger partial charge in [0.25, 0.3) is 6.43 Å². The van der Waals surface area contributed by atoms with Gasteiger partial charge in [-0.3, -0.25) is 4.79 Å². The molecule has 0 radical (unpaired) electrons. The molecule has 1 atom stereocenters. The van der Waals surface area contributed by atoms with E-state index in [1.165, 1.54) is 0 Å². The highest BCUT2D eigenvalue weighted by Gasteiger charge is 2.25. The first-order valence-corrected chi connectivity index (χ1v) is 2.57. The average Bonchev–Trinajstić information content (AvgIpc) is 1.84. The Kier molecular flexibility index (Phi) is 3.21. The van der Waals surface area contributed by atoms with Gasteiger partial charge >= 0.3 is 0 Å². The number of carbonyl (C=O) groups is 2. The first-order chi connectivity index (χ1) is 4.46. The minimum atomic E-state index is -3.36. The molecule has 0 saturated carbocycles. The minimum Gasteiger partial charge on any atom is -0.548 e. The van der Waals surface area contributed by atoms with Gasteiger partial charge in [0.05, 0.1) is 5.97 Å². The molecular formula is C4H2ClF2O3-. The monoisotopic (exact) mass is 171 g/mol. The van der Waals surface area contributed by atoms with Crippen molar-refractivity contribution < 1.29 is 23.5 Å². The van der Waals surface area contributed by atoms with E-state index < -0.39 is 23.6 Å². The van der Waals surface area contributed by atoms with Crippen LogP contribution in [0.25, 0.3) is 0 Å². The van der Waals surface area contributed by atoms with Gasteiger partial charge in [-0.1, -0.05) is 0 Å². The second kappa shape index (κ2) is 3.46. The first kappa shape index (κ1) is 9.29. The summed E-state index contributed by atoms with van der Waals surface area (Å²) in [5.41, 5.74) is 0. The van der Waals surface area contributed by atoms with Gasteiger partial charge in [0, 0.05) is 0 Å². The zero-order chi connectivity index (χ0) is 8.31. The number of hydrogen-bond acceptors (Lipinski definition) is 3. The zero-order valence-electron chi connectivity index (χ0n) is 4.51. The van der Waals surface area contributed by atoms with Gasteiger partial charge in [0.2, 0.25) is 5.78 Å². The van der Waals surface area contributed by atoms with E-state index in [4.69, 9.17) is 0 Å². The molecule has 0 heterocycles. The Hall–Kier alpha value is -0.710. The Morgan fingerprint density at radius 2 is 1.80 bits per heavy atom. The number of carbonyl (C=O) groups excluding carboxylic acids is 2. The van der Waals surface area contributed by atoms with E-state index in [9.17, 15) is 23.5 Å². The SMILES string of the molecule is O=C([O-])C(Cl)C(=O)C(F)F. The van der Waals surface area contributed by atoms with Crippen molar-refractivity contribution in [2.45, 2.75) is 11.8 Å². The summed E-state index contributed by atoms with van der Waals surface area (Å²) in [6.45, 7) is 0. The van der Waals surface area contributed by atoms with Gasteiger partial charge in [-0.2, -0.15) is 0 Å². The third-order valence-electron chi connectivity index (χ3n) is 0.672. The third-order valence-corrected chi connectivity index (χ3v) is 1.07. The van der Waals surface area contributed by atoms with Gasteiger partial charge < -0.3 is 9.90 Å². The number of aliphatic carboxylic acids is 1. The number of alkyl halides is 3. The highest BCUT2D eigenvalue weighted by molar-refractivity contribution is 6.40. The maximum absolute atomic E-state index is 11.3. The van der Waals surface area contributed by atoms with Crippen LogP contribution < -0.4 is 5.11 Å². The molecule has 3 nitrogen and oxygen atoms in total. The molecule has 6 heteroatoms. The van der Waals surface area contributed by atoms with Crippen molar-refractivity contribution in [3.8, 4) is 0 Å². The van der Waals surface area contributed by atoms with Crippen LogP contribution in [-0.2, 0) is 9.59 Å². The molecule has 1 unspecified atom stereocenters. The molecule has 58 valence electrons. The fraction of sp³-hybridized carbons (Fsp3) is 0.500. The summed E-state index contributed by atoms with van der Waals surface area (Å²) in [6.07, 6.45) is -3.36. The van der Waals surface area contributed by atoms with Crippen LogP contribution in [0.1, 0.15) is 0 Å². The number of rotatable bonds is 3. The lowest BCUT2D eigenvalue weighted by molar-refractivity contribution is -0.304. The van der Waals surface area contributed by atoms with Crippen molar-refractivity contribution in [3.63, 3.8) is 0 Å². The quantitative estimate of drug-likeness (QED) is 0.412. The molecular weight excluding hydrogens is 169 g/mol. The van der Waals surface area contributed by atoms with Crippen LogP contribution in [-0.4, -0.2) is 23.6 Å². The van der Waals surface area contributed by atoms with Crippen LogP contribution in [0, 0.1) is 0 Å². The van der Waals surface area contributed by atoms with E-state index in [1.807, 2.05) is 0 Å². The molecule has 0 saturated heterocycles. The normalized spacial score (nSPS) is 13.2. The number of Topliss-reactive ketones (excluding diaryl/α,β-unsaturated/α-hetero) is 1. The van der Waals surface area contributed by atoms with Crippen molar-refractivity contribution in [3.05, 3.63) is 0 Å². The molecule has 0 aromatic heterocycles. The lowest BCUT2D eigenvalue weighted by Gasteiger charge is -2.06. The molecule has 0 amide bonds. The van der Waals surface area contributed by atoms with E-state index in [1.54, 1.807) is 0 Å². The van der Waals surface area contributed by atoms with Crippen LogP contribution in [0.4, 0.5) is 8.78 Å². The molecule has 0 fully saturated rings. The van der Waals surface area contributed by atoms with E-state index in [0.29, 0.717) is 0 Å². The van der Waals surface area contributed by atoms with Crippen LogP contribution in [0.2, 0.25) is 0 Å². The van der Waals surface area contributed by atoms with Gasteiger partial charge in [-0.05, 0) is 0 Å². The molecule has 0 aromatic rings. The summed E-state index contributed by atoms with van der Waals surface area (Å²) in [6, 6.07) is 0. The molecule has 0 bridgehead atoms. The van der Waals surface area contributed by atoms with E-state index in [2.05, 4.69) is 11.6 Å². The maximum atomic E-state index is 11.3. The first-order valence-electron chi connectivity index (χ1n) is 2.13. The lowest BCUT2D eigenvalue weighted by atomic mass is 10.3. The van der Waals surface area contributed by atoms with Crippen LogP contribution >= 0.6 is 11.6 Å². The van der Waals surface area contributed by atoms with Crippen molar-refractivity contribution in [1.29, 1.82) is 0 Å². The summed E-state index contributed by atoms with van der Waals surface area (Å²) < 4.78 is 22.6. The number of hydrogen-bond donors (Lipinski definition) is 0. The largest absolute Gasteiger partial charge is 0.548 e. The Balaban J connectivity index is 4.08. The van der Waals surface area contributed by atoms with Crippen molar-refractivity contribution in [2.75, 3.05) is 0 Å². The molecule has 0 aromatic carbocycles. The molecule has 0 N–H and O–H groups in total. The molecule has 0 aliphatic rings. The second-order valence-electron chi connectivity index (χ2n) is 1.38. The van der Waals surface area contributed by atoms with Gasteiger partial charge in [-0.25, -0.2) is 8.78 Å². The highest BCUT2D eigenvalue weighted by Crippen LogP contribution is 2.04. The average molecular weight is 172 g/mol. The Morgan fingerprint density at radius 1 is 1.40 bits per heavy atom.